The molecule has 0 unspecified atom stereocenters. The summed E-state index contributed by atoms with van der Waals surface area (Å²) in [4.78, 5) is 17.1. The van der Waals surface area contributed by atoms with Gasteiger partial charge in [0.2, 0.25) is 5.78 Å². The normalized spacial score (nSPS) is 20.0. The third-order valence-electron chi connectivity index (χ3n) is 4.71. The van der Waals surface area contributed by atoms with Crippen molar-refractivity contribution in [2.75, 3.05) is 33.2 Å². The molecule has 2 aliphatic rings. The Kier molecular flexibility index (Phi) is 4.07. The molecule has 0 radical (unpaired) electrons. The van der Waals surface area contributed by atoms with Crippen molar-refractivity contribution in [2.24, 2.45) is 0 Å². The van der Waals surface area contributed by atoms with Crippen LogP contribution in [0.15, 0.2) is 40.7 Å². The summed E-state index contributed by atoms with van der Waals surface area (Å²) in [5, 5.41) is 10.3. The summed E-state index contributed by atoms with van der Waals surface area (Å²) in [5.74, 6) is 1.20. The second kappa shape index (κ2) is 6.38. The fourth-order valence-corrected chi connectivity index (χ4v) is 3.18. The molecule has 0 aliphatic carbocycles. The standard InChI is InChI=1S/C19H20N2O4/c1-20-6-8-21(9-7-20)12-15-16(22)5-4-14-18(23)17(25-19(14)15)11-13-3-2-10-24-13/h2-5,10-11,22H,6-9,12H2,1H3/b17-11+. The average Bonchev–Trinajstić information content (AvgIpc) is 3.22. The van der Waals surface area contributed by atoms with Gasteiger partial charge < -0.3 is 19.2 Å². The minimum absolute atomic E-state index is 0.157. The van der Waals surface area contributed by atoms with Gasteiger partial charge in [0.05, 0.1) is 17.4 Å². The second-order valence-electron chi connectivity index (χ2n) is 6.47. The lowest BCUT2D eigenvalue weighted by Crippen LogP contribution is -2.43. The number of carbonyl (C=O) groups is 1. The van der Waals surface area contributed by atoms with Crippen LogP contribution in [0.1, 0.15) is 21.7 Å². The van der Waals surface area contributed by atoms with Crippen molar-refractivity contribution in [3.63, 3.8) is 0 Å². The number of nitrogens with zero attached hydrogens (tertiary/aromatic N) is 2. The van der Waals surface area contributed by atoms with Crippen molar-refractivity contribution in [1.82, 2.24) is 9.80 Å². The van der Waals surface area contributed by atoms with Gasteiger partial charge in [-0.1, -0.05) is 0 Å². The lowest BCUT2D eigenvalue weighted by molar-refractivity contribution is 0.101. The van der Waals surface area contributed by atoms with Crippen LogP contribution in [-0.4, -0.2) is 53.9 Å². The average molecular weight is 340 g/mol. The highest BCUT2D eigenvalue weighted by molar-refractivity contribution is 6.14. The highest BCUT2D eigenvalue weighted by Crippen LogP contribution is 2.40. The number of furan rings is 1. The maximum absolute atomic E-state index is 12.6. The number of allylic oxidation sites excluding steroid dienone is 1. The molecule has 2 aliphatic heterocycles. The fraction of sp³-hybridized carbons (Fsp3) is 0.316. The molecule has 0 saturated carbocycles. The Morgan fingerprint density at radius 1 is 1.20 bits per heavy atom. The molecule has 6 heteroatoms. The van der Waals surface area contributed by atoms with E-state index in [-0.39, 0.29) is 17.3 Å². The predicted octanol–water partition coefficient (Wildman–Crippen LogP) is 2.35. The second-order valence-corrected chi connectivity index (χ2v) is 6.47. The molecule has 1 fully saturated rings. The van der Waals surface area contributed by atoms with Gasteiger partial charge in [-0.15, -0.1) is 0 Å². The number of benzene rings is 1. The van der Waals surface area contributed by atoms with E-state index in [0.29, 0.717) is 29.2 Å². The number of likely N-dealkylation sites (N-methyl/N-ethyl adjacent to an activating group) is 1. The monoisotopic (exact) mass is 340 g/mol. The summed E-state index contributed by atoms with van der Waals surface area (Å²) in [7, 11) is 2.10. The van der Waals surface area contributed by atoms with Crippen molar-refractivity contribution in [3.05, 3.63) is 53.2 Å². The number of carbonyl (C=O) groups excluding carboxylic acids is 1. The van der Waals surface area contributed by atoms with Crippen LogP contribution in [0, 0.1) is 0 Å². The minimum Gasteiger partial charge on any atom is -0.507 e. The summed E-state index contributed by atoms with van der Waals surface area (Å²) >= 11 is 0. The first-order valence-corrected chi connectivity index (χ1v) is 8.35. The van der Waals surface area contributed by atoms with Gasteiger partial charge in [-0.25, -0.2) is 0 Å². The van der Waals surface area contributed by atoms with E-state index in [4.69, 9.17) is 9.15 Å². The molecular formula is C19H20N2O4. The third-order valence-corrected chi connectivity index (χ3v) is 4.71. The van der Waals surface area contributed by atoms with Crippen molar-refractivity contribution in [1.29, 1.82) is 0 Å². The van der Waals surface area contributed by atoms with Crippen molar-refractivity contribution in [2.45, 2.75) is 6.54 Å². The van der Waals surface area contributed by atoms with Gasteiger partial charge >= 0.3 is 0 Å². The van der Waals surface area contributed by atoms with Crippen LogP contribution in [0.25, 0.3) is 6.08 Å². The molecule has 4 rings (SSSR count). The van der Waals surface area contributed by atoms with Crippen LogP contribution < -0.4 is 4.74 Å². The van der Waals surface area contributed by atoms with Crippen molar-refractivity contribution >= 4 is 11.9 Å². The number of phenols is 1. The molecule has 130 valence electrons. The zero-order valence-electron chi connectivity index (χ0n) is 14.1. The Morgan fingerprint density at radius 2 is 2.00 bits per heavy atom. The van der Waals surface area contributed by atoms with Gasteiger partial charge in [0.1, 0.15) is 17.3 Å². The first-order chi connectivity index (χ1) is 12.1. The maximum atomic E-state index is 12.6. The van der Waals surface area contributed by atoms with E-state index in [1.807, 2.05) is 0 Å². The number of aromatic hydroxyl groups is 1. The summed E-state index contributed by atoms with van der Waals surface area (Å²) in [6, 6.07) is 6.70. The molecule has 2 aromatic rings. The van der Waals surface area contributed by atoms with Crippen LogP contribution in [0.4, 0.5) is 0 Å². The number of ketones is 1. The SMILES string of the molecule is CN1CCN(Cc2c(O)ccc3c2O/C(=C/c2ccco2)C3=O)CC1. The Morgan fingerprint density at radius 3 is 2.72 bits per heavy atom. The maximum Gasteiger partial charge on any atom is 0.232 e. The van der Waals surface area contributed by atoms with Crippen LogP contribution in [0.2, 0.25) is 0 Å². The zero-order valence-corrected chi connectivity index (χ0v) is 14.1. The Balaban J connectivity index is 1.62. The Bertz CT molecular complexity index is 818. The number of piperazine rings is 1. The number of Topliss-reactive ketones (excluding diaryl/α,β-unsaturated/α-hetero) is 1. The smallest absolute Gasteiger partial charge is 0.232 e. The Hall–Kier alpha value is -2.57. The van der Waals surface area contributed by atoms with E-state index in [2.05, 4.69) is 16.8 Å². The van der Waals surface area contributed by atoms with E-state index >= 15 is 0 Å². The quantitative estimate of drug-likeness (QED) is 0.865. The minimum atomic E-state index is -0.189. The summed E-state index contributed by atoms with van der Waals surface area (Å²) in [5.41, 5.74) is 1.15. The number of hydrogen-bond acceptors (Lipinski definition) is 6. The first-order valence-electron chi connectivity index (χ1n) is 8.35. The number of rotatable bonds is 3. The Labute approximate surface area is 145 Å². The highest BCUT2D eigenvalue weighted by Gasteiger charge is 2.32. The molecule has 1 aromatic heterocycles. The van der Waals surface area contributed by atoms with E-state index in [9.17, 15) is 9.90 Å². The van der Waals surface area contributed by atoms with Gasteiger partial charge in [-0.3, -0.25) is 9.69 Å². The largest absolute Gasteiger partial charge is 0.507 e. The molecule has 25 heavy (non-hydrogen) atoms. The number of phenolic OH excluding ortho intramolecular Hbond substituents is 1. The molecule has 1 aromatic carbocycles. The molecule has 3 heterocycles. The highest BCUT2D eigenvalue weighted by atomic mass is 16.5. The van der Waals surface area contributed by atoms with Crippen molar-refractivity contribution < 1.29 is 19.1 Å². The van der Waals surface area contributed by atoms with Gasteiger partial charge in [0.25, 0.3) is 0 Å². The molecule has 0 spiro atoms. The molecule has 6 nitrogen and oxygen atoms in total. The number of fused-ring (bicyclic) bond motifs is 1. The zero-order chi connectivity index (χ0) is 17.4. The summed E-state index contributed by atoms with van der Waals surface area (Å²) < 4.78 is 11.1. The predicted molar refractivity (Wildman–Crippen MR) is 92.5 cm³/mol. The molecule has 0 bridgehead atoms. The van der Waals surface area contributed by atoms with E-state index < -0.39 is 0 Å². The van der Waals surface area contributed by atoms with Gasteiger partial charge in [-0.05, 0) is 31.3 Å². The van der Waals surface area contributed by atoms with E-state index in [1.165, 1.54) is 0 Å². The van der Waals surface area contributed by atoms with E-state index in [1.54, 1.807) is 36.6 Å². The fourth-order valence-electron chi connectivity index (χ4n) is 3.18. The first kappa shape index (κ1) is 15.9. The van der Waals surface area contributed by atoms with Crippen LogP contribution >= 0.6 is 0 Å². The molecule has 1 N–H and O–H groups in total. The molecule has 1 saturated heterocycles. The van der Waals surface area contributed by atoms with Crippen LogP contribution in [-0.2, 0) is 6.54 Å². The number of hydrogen-bond donors (Lipinski definition) is 1. The van der Waals surface area contributed by atoms with E-state index in [0.717, 1.165) is 26.2 Å². The molecular weight excluding hydrogens is 320 g/mol. The van der Waals surface area contributed by atoms with Crippen LogP contribution in [0.3, 0.4) is 0 Å². The topological polar surface area (TPSA) is 66.2 Å². The van der Waals surface area contributed by atoms with Gasteiger partial charge in [-0.2, -0.15) is 0 Å². The van der Waals surface area contributed by atoms with Crippen LogP contribution in [0.5, 0.6) is 11.5 Å². The van der Waals surface area contributed by atoms with Crippen molar-refractivity contribution in [3.8, 4) is 11.5 Å². The van der Waals surface area contributed by atoms with Gasteiger partial charge in [0.15, 0.2) is 5.76 Å². The summed E-state index contributed by atoms with van der Waals surface area (Å²) in [6.07, 6.45) is 3.13. The molecule has 0 amide bonds. The summed E-state index contributed by atoms with van der Waals surface area (Å²) in [6.45, 7) is 4.37. The van der Waals surface area contributed by atoms with Gasteiger partial charge in [0, 0.05) is 38.8 Å². The third kappa shape index (κ3) is 3.06. The molecule has 0 atom stereocenters. The lowest BCUT2D eigenvalue weighted by atomic mass is 10.0. The number of ether oxygens (including phenoxy) is 1. The lowest BCUT2D eigenvalue weighted by Gasteiger charge is -2.32.